The molecule has 110 valence electrons. The molecular weight excluding hydrogens is 278 g/mol. The summed E-state index contributed by atoms with van der Waals surface area (Å²) in [5.41, 5.74) is 3.16. The molecule has 0 N–H and O–H groups in total. The van der Waals surface area contributed by atoms with Crippen molar-refractivity contribution in [3.05, 3.63) is 54.6 Å². The van der Waals surface area contributed by atoms with E-state index in [-0.39, 0.29) is 12.4 Å². The van der Waals surface area contributed by atoms with Crippen LogP contribution in [0.2, 0.25) is 0 Å². The van der Waals surface area contributed by atoms with Gasteiger partial charge >= 0.3 is 5.97 Å². The average molecular weight is 293 g/mol. The van der Waals surface area contributed by atoms with Gasteiger partial charge in [-0.1, -0.05) is 30.3 Å². The van der Waals surface area contributed by atoms with Crippen LogP contribution in [-0.4, -0.2) is 17.6 Å². The van der Waals surface area contributed by atoms with Crippen LogP contribution in [0.25, 0.3) is 22.2 Å². The van der Waals surface area contributed by atoms with Crippen molar-refractivity contribution in [3.8, 4) is 17.0 Å². The van der Waals surface area contributed by atoms with Crippen LogP contribution < -0.4 is 4.74 Å². The summed E-state index contributed by atoms with van der Waals surface area (Å²) in [6, 6.07) is 18.1. The number of carbonyl (C=O) groups is 1. The first kappa shape index (κ1) is 13.0. The highest BCUT2D eigenvalue weighted by atomic mass is 16.5. The summed E-state index contributed by atoms with van der Waals surface area (Å²) in [4.78, 5) is 11.7. The first-order chi connectivity index (χ1) is 10.8. The fourth-order valence-corrected chi connectivity index (χ4v) is 3.03. The lowest BCUT2D eigenvalue weighted by Gasteiger charge is -2.29. The molecule has 3 aromatic rings. The van der Waals surface area contributed by atoms with Crippen LogP contribution in [0.4, 0.5) is 0 Å². The van der Waals surface area contributed by atoms with E-state index in [2.05, 4.69) is 16.7 Å². The summed E-state index contributed by atoms with van der Waals surface area (Å²) < 4.78 is 12.9. The SMILES string of the molecule is COC(=O)CC1Oc2ccccc2-c2cc3ccccc3n21. The molecule has 0 amide bonds. The summed E-state index contributed by atoms with van der Waals surface area (Å²) in [5, 5.41) is 1.13. The molecule has 1 aliphatic heterocycles. The van der Waals surface area contributed by atoms with E-state index in [1.807, 2.05) is 42.5 Å². The summed E-state index contributed by atoms with van der Waals surface area (Å²) in [6.45, 7) is 0. The van der Waals surface area contributed by atoms with Crippen molar-refractivity contribution in [1.29, 1.82) is 0 Å². The van der Waals surface area contributed by atoms with Gasteiger partial charge in [0.05, 0.1) is 18.3 Å². The van der Waals surface area contributed by atoms with Crippen LogP contribution in [0.5, 0.6) is 5.75 Å². The Morgan fingerprint density at radius 1 is 1.18 bits per heavy atom. The molecule has 2 aromatic carbocycles. The zero-order valence-electron chi connectivity index (χ0n) is 12.2. The maximum Gasteiger partial charge on any atom is 0.311 e. The third-order valence-corrected chi connectivity index (χ3v) is 4.03. The van der Waals surface area contributed by atoms with E-state index in [9.17, 15) is 4.79 Å². The van der Waals surface area contributed by atoms with E-state index < -0.39 is 6.23 Å². The third-order valence-electron chi connectivity index (χ3n) is 4.03. The third kappa shape index (κ3) is 1.88. The Morgan fingerprint density at radius 2 is 1.95 bits per heavy atom. The largest absolute Gasteiger partial charge is 0.469 e. The normalized spacial score (nSPS) is 15.8. The van der Waals surface area contributed by atoms with Gasteiger partial charge in [-0.15, -0.1) is 0 Å². The molecule has 0 aliphatic carbocycles. The Bertz CT molecular complexity index is 866. The standard InChI is InChI=1S/C18H15NO3/c1-21-18(20)11-17-19-14-8-4-2-6-12(14)10-15(19)13-7-3-5-9-16(13)22-17/h2-10,17H,11H2,1H3. The number of para-hydroxylation sites is 2. The van der Waals surface area contributed by atoms with E-state index in [0.717, 1.165) is 27.9 Å². The number of fused-ring (bicyclic) bond motifs is 5. The second kappa shape index (κ2) is 4.91. The smallest absolute Gasteiger partial charge is 0.311 e. The van der Waals surface area contributed by atoms with Crippen molar-refractivity contribution in [2.45, 2.75) is 12.6 Å². The van der Waals surface area contributed by atoms with Crippen LogP contribution in [0.3, 0.4) is 0 Å². The summed E-state index contributed by atoms with van der Waals surface area (Å²) >= 11 is 0. The second-order valence-corrected chi connectivity index (χ2v) is 5.31. The Hall–Kier alpha value is -2.75. The summed E-state index contributed by atoms with van der Waals surface area (Å²) in [6.07, 6.45) is -0.214. The van der Waals surface area contributed by atoms with Gasteiger partial charge in [0, 0.05) is 10.9 Å². The van der Waals surface area contributed by atoms with Crippen molar-refractivity contribution in [3.63, 3.8) is 0 Å². The van der Waals surface area contributed by atoms with Crippen LogP contribution in [0, 0.1) is 0 Å². The number of hydrogen-bond donors (Lipinski definition) is 0. The molecule has 0 radical (unpaired) electrons. The summed E-state index contributed by atoms with van der Waals surface area (Å²) in [5.74, 6) is 0.514. The molecule has 1 atom stereocenters. The van der Waals surface area contributed by atoms with Crippen molar-refractivity contribution in [2.75, 3.05) is 7.11 Å². The van der Waals surface area contributed by atoms with E-state index in [0.29, 0.717) is 0 Å². The highest BCUT2D eigenvalue weighted by Gasteiger charge is 2.29. The molecule has 0 saturated carbocycles. The number of methoxy groups -OCH3 is 1. The van der Waals surface area contributed by atoms with E-state index in [1.54, 1.807) is 0 Å². The monoisotopic (exact) mass is 293 g/mol. The number of rotatable bonds is 2. The van der Waals surface area contributed by atoms with E-state index in [4.69, 9.17) is 9.47 Å². The van der Waals surface area contributed by atoms with Crippen LogP contribution >= 0.6 is 0 Å². The number of hydrogen-bond acceptors (Lipinski definition) is 3. The topological polar surface area (TPSA) is 40.5 Å². The van der Waals surface area contributed by atoms with Crippen LogP contribution in [-0.2, 0) is 9.53 Å². The van der Waals surface area contributed by atoms with Crippen molar-refractivity contribution < 1.29 is 14.3 Å². The first-order valence-electron chi connectivity index (χ1n) is 7.21. The minimum absolute atomic E-state index is 0.177. The number of nitrogens with zero attached hydrogens (tertiary/aromatic N) is 1. The molecule has 4 heteroatoms. The molecule has 2 heterocycles. The minimum Gasteiger partial charge on any atom is -0.469 e. The fourth-order valence-electron chi connectivity index (χ4n) is 3.03. The molecule has 0 saturated heterocycles. The maximum atomic E-state index is 11.7. The zero-order chi connectivity index (χ0) is 15.1. The fraction of sp³-hybridized carbons (Fsp3) is 0.167. The number of benzene rings is 2. The molecule has 4 rings (SSSR count). The highest BCUT2D eigenvalue weighted by Crippen LogP contribution is 2.42. The van der Waals surface area contributed by atoms with Gasteiger partial charge in [-0.05, 0) is 24.3 Å². The molecule has 1 unspecified atom stereocenters. The van der Waals surface area contributed by atoms with Crippen molar-refractivity contribution in [1.82, 2.24) is 4.57 Å². The molecule has 0 bridgehead atoms. The van der Waals surface area contributed by atoms with Crippen LogP contribution in [0.15, 0.2) is 54.6 Å². The molecule has 0 spiro atoms. The molecule has 4 nitrogen and oxygen atoms in total. The van der Waals surface area contributed by atoms with Crippen LogP contribution in [0.1, 0.15) is 12.6 Å². The van der Waals surface area contributed by atoms with Crippen molar-refractivity contribution in [2.24, 2.45) is 0 Å². The lowest BCUT2D eigenvalue weighted by atomic mass is 10.1. The lowest BCUT2D eigenvalue weighted by Crippen LogP contribution is -2.24. The van der Waals surface area contributed by atoms with E-state index >= 15 is 0 Å². The van der Waals surface area contributed by atoms with Gasteiger partial charge in [0.2, 0.25) is 0 Å². The number of ether oxygens (including phenoxy) is 2. The molecule has 22 heavy (non-hydrogen) atoms. The van der Waals surface area contributed by atoms with Gasteiger partial charge in [0.15, 0.2) is 6.23 Å². The number of esters is 1. The molecule has 1 aromatic heterocycles. The Labute approximate surface area is 127 Å². The predicted octanol–water partition coefficient (Wildman–Crippen LogP) is 3.76. The maximum absolute atomic E-state index is 11.7. The van der Waals surface area contributed by atoms with Gasteiger partial charge in [-0.25, -0.2) is 0 Å². The number of aromatic nitrogens is 1. The Balaban J connectivity index is 1.95. The van der Waals surface area contributed by atoms with Gasteiger partial charge in [-0.3, -0.25) is 4.79 Å². The van der Waals surface area contributed by atoms with Gasteiger partial charge in [0.25, 0.3) is 0 Å². The Kier molecular flexibility index (Phi) is 2.89. The zero-order valence-corrected chi connectivity index (χ0v) is 12.2. The minimum atomic E-state index is -0.391. The lowest BCUT2D eigenvalue weighted by molar-refractivity contribution is -0.143. The average Bonchev–Trinajstić information content (AvgIpc) is 2.95. The van der Waals surface area contributed by atoms with Crippen molar-refractivity contribution >= 4 is 16.9 Å². The second-order valence-electron chi connectivity index (χ2n) is 5.31. The van der Waals surface area contributed by atoms with Gasteiger partial charge in [0.1, 0.15) is 12.2 Å². The Morgan fingerprint density at radius 3 is 2.82 bits per heavy atom. The molecular formula is C18H15NO3. The van der Waals surface area contributed by atoms with Gasteiger partial charge < -0.3 is 14.0 Å². The molecule has 1 aliphatic rings. The van der Waals surface area contributed by atoms with E-state index in [1.165, 1.54) is 7.11 Å². The summed E-state index contributed by atoms with van der Waals surface area (Å²) in [7, 11) is 1.40. The quantitative estimate of drug-likeness (QED) is 0.675. The number of carbonyl (C=O) groups excluding carboxylic acids is 1. The molecule has 0 fully saturated rings. The first-order valence-corrected chi connectivity index (χ1v) is 7.21. The highest BCUT2D eigenvalue weighted by molar-refractivity contribution is 5.89. The van der Waals surface area contributed by atoms with Gasteiger partial charge in [-0.2, -0.15) is 0 Å². The predicted molar refractivity (Wildman–Crippen MR) is 83.7 cm³/mol.